The lowest BCUT2D eigenvalue weighted by Gasteiger charge is -2.11. The van der Waals surface area contributed by atoms with Crippen LogP contribution in [0.4, 0.5) is 0 Å². The minimum atomic E-state index is -1.07. The van der Waals surface area contributed by atoms with Gasteiger partial charge in [0.1, 0.15) is 11.8 Å². The maximum Gasteiger partial charge on any atom is 0.325 e. The van der Waals surface area contributed by atoms with Gasteiger partial charge in [-0.1, -0.05) is 18.2 Å². The zero-order valence-electron chi connectivity index (χ0n) is 9.77. The number of carbonyl (C=O) groups is 2. The van der Waals surface area contributed by atoms with Crippen LogP contribution in [-0.2, 0) is 9.59 Å². The first-order valence-electron chi connectivity index (χ1n) is 5.21. The van der Waals surface area contributed by atoms with Crippen molar-refractivity contribution >= 4 is 11.9 Å². The molecule has 0 unspecified atom stereocenters. The van der Waals surface area contributed by atoms with Crippen molar-refractivity contribution in [1.82, 2.24) is 5.32 Å². The Morgan fingerprint density at radius 2 is 2.06 bits per heavy atom. The highest BCUT2D eigenvalue weighted by Gasteiger charge is 2.14. The van der Waals surface area contributed by atoms with Crippen molar-refractivity contribution in [1.29, 1.82) is 0 Å². The van der Waals surface area contributed by atoms with Gasteiger partial charge in [0, 0.05) is 0 Å². The monoisotopic (exact) mass is 237 g/mol. The van der Waals surface area contributed by atoms with Gasteiger partial charge in [-0.3, -0.25) is 9.59 Å². The number of aryl methyl sites for hydroxylation is 1. The number of ether oxygens (including phenoxy) is 1. The van der Waals surface area contributed by atoms with Gasteiger partial charge in [0.05, 0.1) is 0 Å². The van der Waals surface area contributed by atoms with Gasteiger partial charge in [-0.25, -0.2) is 0 Å². The molecule has 5 heteroatoms. The molecule has 0 aliphatic rings. The summed E-state index contributed by atoms with van der Waals surface area (Å²) in [6.07, 6.45) is 0. The minimum Gasteiger partial charge on any atom is -0.484 e. The molecule has 1 atom stereocenters. The Bertz CT molecular complexity index is 417. The number of carboxylic acids is 1. The molecule has 0 saturated carbocycles. The third-order valence-corrected chi connectivity index (χ3v) is 2.20. The van der Waals surface area contributed by atoms with Gasteiger partial charge in [-0.05, 0) is 25.5 Å². The Balaban J connectivity index is 2.44. The summed E-state index contributed by atoms with van der Waals surface area (Å²) in [6.45, 7) is 3.07. The molecule has 0 spiro atoms. The third-order valence-electron chi connectivity index (χ3n) is 2.20. The number of para-hydroxylation sites is 1. The molecule has 92 valence electrons. The van der Waals surface area contributed by atoms with E-state index in [0.29, 0.717) is 5.75 Å². The SMILES string of the molecule is Cc1ccccc1OCC(=O)N[C@@H](C)C(=O)O. The summed E-state index contributed by atoms with van der Waals surface area (Å²) in [4.78, 5) is 21.9. The fraction of sp³-hybridized carbons (Fsp3) is 0.333. The molecule has 0 fully saturated rings. The largest absolute Gasteiger partial charge is 0.484 e. The lowest BCUT2D eigenvalue weighted by Crippen LogP contribution is -2.40. The van der Waals surface area contributed by atoms with Gasteiger partial charge >= 0.3 is 5.97 Å². The van der Waals surface area contributed by atoms with Crippen LogP contribution in [-0.4, -0.2) is 29.6 Å². The fourth-order valence-corrected chi connectivity index (χ4v) is 1.21. The zero-order chi connectivity index (χ0) is 12.8. The second-order valence-electron chi connectivity index (χ2n) is 3.68. The molecule has 0 aromatic heterocycles. The molecule has 17 heavy (non-hydrogen) atoms. The van der Waals surface area contributed by atoms with E-state index in [9.17, 15) is 9.59 Å². The van der Waals surface area contributed by atoms with E-state index in [1.54, 1.807) is 12.1 Å². The van der Waals surface area contributed by atoms with E-state index >= 15 is 0 Å². The summed E-state index contributed by atoms with van der Waals surface area (Å²) in [7, 11) is 0. The van der Waals surface area contributed by atoms with Crippen molar-refractivity contribution in [2.75, 3.05) is 6.61 Å². The van der Waals surface area contributed by atoms with Gasteiger partial charge in [0.2, 0.25) is 0 Å². The molecule has 0 aliphatic heterocycles. The second-order valence-corrected chi connectivity index (χ2v) is 3.68. The molecule has 1 amide bonds. The first-order valence-corrected chi connectivity index (χ1v) is 5.21. The molecular weight excluding hydrogens is 222 g/mol. The van der Waals surface area contributed by atoms with Crippen LogP contribution in [0.5, 0.6) is 5.75 Å². The number of carbonyl (C=O) groups excluding carboxylic acids is 1. The minimum absolute atomic E-state index is 0.192. The van der Waals surface area contributed by atoms with Gasteiger partial charge < -0.3 is 15.2 Å². The number of rotatable bonds is 5. The van der Waals surface area contributed by atoms with Crippen LogP contribution in [0, 0.1) is 6.92 Å². The van der Waals surface area contributed by atoms with Crippen molar-refractivity contribution in [2.24, 2.45) is 0 Å². The van der Waals surface area contributed by atoms with Gasteiger partial charge in [-0.2, -0.15) is 0 Å². The van der Waals surface area contributed by atoms with Gasteiger partial charge in [-0.15, -0.1) is 0 Å². The number of nitrogens with one attached hydrogen (secondary N) is 1. The second kappa shape index (κ2) is 5.89. The van der Waals surface area contributed by atoms with Gasteiger partial charge in [0.15, 0.2) is 6.61 Å². The van der Waals surface area contributed by atoms with E-state index in [0.717, 1.165) is 5.56 Å². The molecule has 0 aliphatic carbocycles. The number of carboxylic acid groups (broad SMARTS) is 1. The summed E-state index contributed by atoms with van der Waals surface area (Å²) in [6, 6.07) is 6.38. The van der Waals surface area contributed by atoms with Crippen molar-refractivity contribution in [2.45, 2.75) is 19.9 Å². The molecule has 0 radical (unpaired) electrons. The molecule has 0 saturated heterocycles. The van der Waals surface area contributed by atoms with Crippen molar-refractivity contribution in [3.05, 3.63) is 29.8 Å². The smallest absolute Gasteiger partial charge is 0.325 e. The lowest BCUT2D eigenvalue weighted by atomic mass is 10.2. The summed E-state index contributed by atoms with van der Waals surface area (Å²) in [5, 5.41) is 10.9. The van der Waals surface area contributed by atoms with E-state index in [1.807, 2.05) is 19.1 Å². The summed E-state index contributed by atoms with van der Waals surface area (Å²) < 4.78 is 5.27. The molecule has 1 aromatic carbocycles. The summed E-state index contributed by atoms with van der Waals surface area (Å²) >= 11 is 0. The number of hydrogen-bond donors (Lipinski definition) is 2. The van der Waals surface area contributed by atoms with Gasteiger partial charge in [0.25, 0.3) is 5.91 Å². The number of hydrogen-bond acceptors (Lipinski definition) is 3. The van der Waals surface area contributed by atoms with E-state index in [1.165, 1.54) is 6.92 Å². The molecule has 2 N–H and O–H groups in total. The van der Waals surface area contributed by atoms with Crippen LogP contribution >= 0.6 is 0 Å². The topological polar surface area (TPSA) is 75.6 Å². The van der Waals surface area contributed by atoms with Crippen molar-refractivity contribution in [3.63, 3.8) is 0 Å². The lowest BCUT2D eigenvalue weighted by molar-refractivity contribution is -0.141. The Labute approximate surface area is 99.4 Å². The number of aliphatic carboxylic acids is 1. The third kappa shape index (κ3) is 4.14. The van der Waals surface area contributed by atoms with Crippen molar-refractivity contribution in [3.8, 4) is 5.75 Å². The molecular formula is C12H15NO4. The Morgan fingerprint density at radius 1 is 1.41 bits per heavy atom. The van der Waals surface area contributed by atoms with Crippen LogP contribution in [0.3, 0.4) is 0 Å². The molecule has 1 aromatic rings. The first kappa shape index (κ1) is 13.0. The highest BCUT2D eigenvalue weighted by atomic mass is 16.5. The quantitative estimate of drug-likeness (QED) is 0.799. The van der Waals surface area contributed by atoms with E-state index in [2.05, 4.69) is 5.32 Å². The van der Waals surface area contributed by atoms with Crippen LogP contribution in [0.1, 0.15) is 12.5 Å². The maximum atomic E-state index is 11.3. The highest BCUT2D eigenvalue weighted by molar-refractivity contribution is 5.84. The fourth-order valence-electron chi connectivity index (χ4n) is 1.21. The van der Waals surface area contributed by atoms with Crippen LogP contribution < -0.4 is 10.1 Å². The van der Waals surface area contributed by atoms with E-state index < -0.39 is 17.9 Å². The number of benzene rings is 1. The normalized spacial score (nSPS) is 11.6. The Kier molecular flexibility index (Phi) is 4.51. The van der Waals surface area contributed by atoms with Crippen molar-refractivity contribution < 1.29 is 19.4 Å². The first-order chi connectivity index (χ1) is 8.00. The average Bonchev–Trinajstić information content (AvgIpc) is 2.27. The number of amides is 1. The molecule has 5 nitrogen and oxygen atoms in total. The van der Waals surface area contributed by atoms with Crippen LogP contribution in [0.15, 0.2) is 24.3 Å². The van der Waals surface area contributed by atoms with Crippen LogP contribution in [0.25, 0.3) is 0 Å². The zero-order valence-corrected chi connectivity index (χ0v) is 9.77. The van der Waals surface area contributed by atoms with E-state index in [-0.39, 0.29) is 6.61 Å². The predicted molar refractivity (Wildman–Crippen MR) is 61.9 cm³/mol. The highest BCUT2D eigenvalue weighted by Crippen LogP contribution is 2.15. The molecule has 1 rings (SSSR count). The Hall–Kier alpha value is -2.04. The Morgan fingerprint density at radius 3 is 2.65 bits per heavy atom. The molecule has 0 bridgehead atoms. The molecule has 0 heterocycles. The summed E-state index contributed by atoms with van der Waals surface area (Å²) in [5.74, 6) is -0.914. The van der Waals surface area contributed by atoms with Crippen LogP contribution in [0.2, 0.25) is 0 Å². The maximum absolute atomic E-state index is 11.3. The summed E-state index contributed by atoms with van der Waals surface area (Å²) in [5.41, 5.74) is 0.923. The standard InChI is InChI=1S/C12H15NO4/c1-8-5-3-4-6-10(8)17-7-11(14)13-9(2)12(15)16/h3-6,9H,7H2,1-2H3,(H,13,14)(H,15,16)/t9-/m0/s1. The predicted octanol–water partition coefficient (Wildman–Crippen LogP) is 0.963. The average molecular weight is 237 g/mol. The van der Waals surface area contributed by atoms with E-state index in [4.69, 9.17) is 9.84 Å².